The molecule has 13 heavy (non-hydrogen) atoms. The molecule has 2 N–H and O–H groups in total. The predicted octanol–water partition coefficient (Wildman–Crippen LogP) is 1.83. The Labute approximate surface area is 77.8 Å². The summed E-state index contributed by atoms with van der Waals surface area (Å²) in [6.45, 7) is 5.27. The van der Waals surface area contributed by atoms with Gasteiger partial charge in [-0.3, -0.25) is 9.36 Å². The first-order chi connectivity index (χ1) is 5.84. The van der Waals surface area contributed by atoms with Gasteiger partial charge in [-0.15, -0.1) is 0 Å². The Balaban J connectivity index is 5.04. The van der Waals surface area contributed by atoms with E-state index in [0.717, 1.165) is 5.57 Å². The van der Waals surface area contributed by atoms with Crippen LogP contribution in [0, 0.1) is 0 Å². The third kappa shape index (κ3) is 3.43. The molecule has 0 heterocycles. The zero-order valence-corrected chi connectivity index (χ0v) is 8.97. The first-order valence-electron chi connectivity index (χ1n) is 4.13. The van der Waals surface area contributed by atoms with E-state index in [-0.39, 0.29) is 5.57 Å². The van der Waals surface area contributed by atoms with Gasteiger partial charge in [0.1, 0.15) is 0 Å². The molecule has 0 aliphatic heterocycles. The fourth-order valence-electron chi connectivity index (χ4n) is 1.02. The van der Waals surface area contributed by atoms with Crippen molar-refractivity contribution < 1.29 is 19.1 Å². The highest BCUT2D eigenvalue weighted by Gasteiger charge is 2.29. The molecule has 5 heteroatoms. The molecule has 0 bridgehead atoms. The fraction of sp³-hybridized carbons (Fsp3) is 0.625. The summed E-state index contributed by atoms with van der Waals surface area (Å²) in [5, 5.41) is 0. The van der Waals surface area contributed by atoms with Crippen molar-refractivity contribution in [1.29, 1.82) is 0 Å². The van der Waals surface area contributed by atoms with Gasteiger partial charge in [-0.05, 0) is 19.8 Å². The Morgan fingerprint density at radius 2 is 1.69 bits per heavy atom. The average Bonchev–Trinajstić information content (AvgIpc) is 2.03. The highest BCUT2D eigenvalue weighted by Crippen LogP contribution is 2.40. The topological polar surface area (TPSA) is 74.6 Å². The van der Waals surface area contributed by atoms with E-state index >= 15 is 0 Å². The first-order valence-corrected chi connectivity index (χ1v) is 5.74. The molecule has 0 saturated carbocycles. The maximum Gasteiger partial charge on any atom is 0.396 e. The number of hydrogen-bond acceptors (Lipinski definition) is 2. The van der Waals surface area contributed by atoms with Crippen LogP contribution in [0.1, 0.15) is 33.6 Å². The van der Waals surface area contributed by atoms with E-state index in [9.17, 15) is 9.36 Å². The van der Waals surface area contributed by atoms with Crippen molar-refractivity contribution in [2.75, 3.05) is 0 Å². The summed E-state index contributed by atoms with van der Waals surface area (Å²) in [5.74, 6) is 0. The molecule has 0 aliphatic carbocycles. The van der Waals surface area contributed by atoms with Gasteiger partial charge in [0.15, 0.2) is 0 Å². The van der Waals surface area contributed by atoms with Gasteiger partial charge >= 0.3 is 7.60 Å². The second-order valence-corrected chi connectivity index (χ2v) is 4.31. The monoisotopic (exact) mass is 206 g/mol. The minimum Gasteiger partial charge on any atom is -0.319 e. The van der Waals surface area contributed by atoms with Crippen LogP contribution in [0.2, 0.25) is 0 Å². The number of rotatable bonds is 4. The van der Waals surface area contributed by atoms with Crippen LogP contribution in [-0.2, 0) is 9.36 Å². The lowest BCUT2D eigenvalue weighted by atomic mass is 10.1. The predicted molar refractivity (Wildman–Crippen MR) is 50.3 cm³/mol. The number of hydrogen-bond donors (Lipinski definition) is 2. The summed E-state index contributed by atoms with van der Waals surface area (Å²) in [5.41, 5.74) is -0.0268. The van der Waals surface area contributed by atoms with Crippen molar-refractivity contribution >= 4 is 13.1 Å². The maximum atomic E-state index is 11.2. The van der Waals surface area contributed by atoms with Crippen molar-refractivity contribution in [1.82, 2.24) is 0 Å². The molecule has 0 spiro atoms. The first kappa shape index (κ1) is 12.6. The molecule has 0 radical (unpaired) electrons. The van der Waals surface area contributed by atoms with Crippen molar-refractivity contribution in [2.24, 2.45) is 0 Å². The molecule has 0 atom stereocenters. The van der Waals surface area contributed by atoms with E-state index in [0.29, 0.717) is 12.8 Å². The summed E-state index contributed by atoms with van der Waals surface area (Å²) in [7, 11) is -4.59. The Morgan fingerprint density at radius 1 is 1.23 bits per heavy atom. The SMILES string of the molecule is CCC(C)=C(CC)C(=O)P(=O)(O)O. The summed E-state index contributed by atoms with van der Waals surface area (Å²) < 4.78 is 10.7. The largest absolute Gasteiger partial charge is 0.396 e. The van der Waals surface area contributed by atoms with E-state index in [4.69, 9.17) is 9.79 Å². The van der Waals surface area contributed by atoms with Gasteiger partial charge in [-0.25, -0.2) is 0 Å². The van der Waals surface area contributed by atoms with Crippen molar-refractivity contribution in [2.45, 2.75) is 33.6 Å². The van der Waals surface area contributed by atoms with Gasteiger partial charge in [0.05, 0.1) is 0 Å². The molecule has 0 aromatic carbocycles. The number of carbonyl (C=O) groups excluding carboxylic acids is 1. The van der Waals surface area contributed by atoms with Crippen molar-refractivity contribution in [3.05, 3.63) is 11.1 Å². The van der Waals surface area contributed by atoms with E-state index in [1.54, 1.807) is 13.8 Å². The average molecular weight is 206 g/mol. The molecule has 0 aromatic heterocycles. The molecule has 0 rings (SSSR count). The normalized spacial score (nSPS) is 13.9. The molecule has 0 aliphatic rings. The number of carbonyl (C=O) groups is 1. The summed E-state index contributed by atoms with van der Waals surface area (Å²) >= 11 is 0. The van der Waals surface area contributed by atoms with E-state index in [1.807, 2.05) is 6.92 Å². The molecule has 0 unspecified atom stereocenters. The van der Waals surface area contributed by atoms with Gasteiger partial charge < -0.3 is 9.79 Å². The zero-order chi connectivity index (χ0) is 10.6. The van der Waals surface area contributed by atoms with Crippen LogP contribution in [0.4, 0.5) is 0 Å². The Kier molecular flexibility index (Phi) is 4.54. The lowest BCUT2D eigenvalue weighted by Gasteiger charge is -2.08. The smallest absolute Gasteiger partial charge is 0.319 e. The molecule has 0 saturated heterocycles. The quantitative estimate of drug-likeness (QED) is 0.543. The third-order valence-corrected chi connectivity index (χ3v) is 2.72. The maximum absolute atomic E-state index is 11.2. The molecular formula is C8H15O4P. The van der Waals surface area contributed by atoms with Crippen LogP contribution in [0.25, 0.3) is 0 Å². The van der Waals surface area contributed by atoms with Gasteiger partial charge in [0.25, 0.3) is 5.52 Å². The molecule has 0 amide bonds. The molecule has 0 aromatic rings. The molecule has 76 valence electrons. The molecule has 4 nitrogen and oxygen atoms in total. The second kappa shape index (κ2) is 4.70. The summed E-state index contributed by atoms with van der Waals surface area (Å²) in [6.07, 6.45) is 0.999. The van der Waals surface area contributed by atoms with Gasteiger partial charge in [0, 0.05) is 5.57 Å². The van der Waals surface area contributed by atoms with Crippen LogP contribution in [0.3, 0.4) is 0 Å². The fourth-order valence-corrected chi connectivity index (χ4v) is 1.73. The molecular weight excluding hydrogens is 191 g/mol. The Hall–Kier alpha value is -0.440. The molecule has 0 fully saturated rings. The highest BCUT2D eigenvalue weighted by molar-refractivity contribution is 7.70. The van der Waals surface area contributed by atoms with Gasteiger partial charge in [-0.1, -0.05) is 19.4 Å². The van der Waals surface area contributed by atoms with Crippen LogP contribution in [0.5, 0.6) is 0 Å². The van der Waals surface area contributed by atoms with Crippen LogP contribution in [-0.4, -0.2) is 15.3 Å². The van der Waals surface area contributed by atoms with Crippen LogP contribution >= 0.6 is 7.60 Å². The lowest BCUT2D eigenvalue weighted by Crippen LogP contribution is -2.04. The minimum absolute atomic E-state index is 0.260. The second-order valence-electron chi connectivity index (χ2n) is 2.82. The summed E-state index contributed by atoms with van der Waals surface area (Å²) in [6, 6.07) is 0. The van der Waals surface area contributed by atoms with Crippen LogP contribution in [0.15, 0.2) is 11.1 Å². The minimum atomic E-state index is -4.59. The Morgan fingerprint density at radius 3 is 1.92 bits per heavy atom. The van der Waals surface area contributed by atoms with E-state index in [2.05, 4.69) is 0 Å². The van der Waals surface area contributed by atoms with Crippen molar-refractivity contribution in [3.63, 3.8) is 0 Å². The summed E-state index contributed by atoms with van der Waals surface area (Å²) in [4.78, 5) is 28.5. The third-order valence-electron chi connectivity index (χ3n) is 1.92. The zero-order valence-electron chi connectivity index (χ0n) is 8.07. The number of allylic oxidation sites excluding steroid dienone is 2. The van der Waals surface area contributed by atoms with Gasteiger partial charge in [-0.2, -0.15) is 0 Å². The van der Waals surface area contributed by atoms with E-state index in [1.165, 1.54) is 0 Å². The Bertz CT molecular complexity index is 274. The van der Waals surface area contributed by atoms with E-state index < -0.39 is 13.1 Å². The lowest BCUT2D eigenvalue weighted by molar-refractivity contribution is -0.110. The van der Waals surface area contributed by atoms with Gasteiger partial charge in [0.2, 0.25) is 0 Å². The van der Waals surface area contributed by atoms with Crippen LogP contribution < -0.4 is 0 Å². The highest BCUT2D eigenvalue weighted by atomic mass is 31.2. The van der Waals surface area contributed by atoms with Crippen molar-refractivity contribution in [3.8, 4) is 0 Å². The standard InChI is InChI=1S/C8H15O4P/c1-4-6(3)7(5-2)8(9)13(10,11)12/h4-5H2,1-3H3,(H2,10,11,12).